The summed E-state index contributed by atoms with van der Waals surface area (Å²) in [6, 6.07) is 16.3. The third-order valence-electron chi connectivity index (χ3n) is 5.54. The number of anilines is 1. The maximum absolute atomic E-state index is 6.54. The lowest BCUT2D eigenvalue weighted by molar-refractivity contribution is 0.197. The molecule has 0 radical (unpaired) electrons. The Morgan fingerprint density at radius 3 is 2.48 bits per heavy atom. The average molecular weight is 492 g/mol. The maximum Gasteiger partial charge on any atom is 0.137 e. The first-order chi connectivity index (χ1) is 14.0. The van der Waals surface area contributed by atoms with E-state index in [1.807, 2.05) is 29.3 Å². The summed E-state index contributed by atoms with van der Waals surface area (Å²) in [6.45, 7) is 4.23. The van der Waals surface area contributed by atoms with Crippen LogP contribution in [0.5, 0.6) is 0 Å². The molecule has 2 aliphatic heterocycles. The third-order valence-corrected chi connectivity index (χ3v) is 6.69. The van der Waals surface area contributed by atoms with Gasteiger partial charge in [-0.05, 0) is 42.7 Å². The molecule has 0 saturated carbocycles. The highest BCUT2D eigenvalue weighted by Gasteiger charge is 2.38. The van der Waals surface area contributed by atoms with Gasteiger partial charge in [0.05, 0.1) is 16.8 Å². The molecule has 4 nitrogen and oxygen atoms in total. The smallest absolute Gasteiger partial charge is 0.137 e. The van der Waals surface area contributed by atoms with Crippen molar-refractivity contribution in [1.82, 2.24) is 10.4 Å². The summed E-state index contributed by atoms with van der Waals surface area (Å²) in [7, 11) is 0. The number of hydrazine groups is 1. The number of thiocarbonyl (C=S) groups is 1. The van der Waals surface area contributed by atoms with Crippen molar-refractivity contribution in [2.24, 2.45) is 11.0 Å². The fraction of sp³-hybridized carbons (Fsp3) is 0.364. The number of halogens is 2. The highest BCUT2D eigenvalue weighted by molar-refractivity contribution is 9.10. The van der Waals surface area contributed by atoms with Crippen molar-refractivity contribution in [3.05, 3.63) is 63.6 Å². The van der Waals surface area contributed by atoms with E-state index in [0.717, 1.165) is 29.0 Å². The first kappa shape index (κ1) is 20.8. The summed E-state index contributed by atoms with van der Waals surface area (Å²) in [4.78, 5) is 0.705. The first-order valence-corrected chi connectivity index (χ1v) is 11.6. The topological polar surface area (TPSA) is 30.9 Å². The van der Waals surface area contributed by atoms with E-state index < -0.39 is 0 Å². The van der Waals surface area contributed by atoms with Crippen LogP contribution < -0.4 is 10.4 Å². The second-order valence-electron chi connectivity index (χ2n) is 7.55. The first-order valence-electron chi connectivity index (χ1n) is 9.98. The zero-order valence-corrected chi connectivity index (χ0v) is 19.5. The molecule has 0 amide bonds. The van der Waals surface area contributed by atoms with E-state index in [-0.39, 0.29) is 12.0 Å². The van der Waals surface area contributed by atoms with Crippen molar-refractivity contribution in [1.29, 1.82) is 0 Å². The van der Waals surface area contributed by atoms with Crippen LogP contribution in [-0.2, 0) is 0 Å². The van der Waals surface area contributed by atoms with E-state index in [9.17, 15) is 0 Å². The molecular formula is C22H24BrClN4S. The van der Waals surface area contributed by atoms with E-state index in [0.29, 0.717) is 10.0 Å². The molecule has 1 saturated heterocycles. The van der Waals surface area contributed by atoms with Crippen LogP contribution in [0.1, 0.15) is 37.8 Å². The van der Waals surface area contributed by atoms with Gasteiger partial charge < -0.3 is 5.43 Å². The molecule has 2 aromatic rings. The van der Waals surface area contributed by atoms with Gasteiger partial charge in [0.1, 0.15) is 10.7 Å². The lowest BCUT2D eigenvalue weighted by Gasteiger charge is -2.29. The van der Waals surface area contributed by atoms with Crippen LogP contribution in [0.2, 0.25) is 5.02 Å². The molecule has 2 aromatic carbocycles. The lowest BCUT2D eigenvalue weighted by atomic mass is 9.91. The Bertz CT molecular complexity index is 911. The molecule has 0 bridgehead atoms. The van der Waals surface area contributed by atoms with Crippen LogP contribution in [0, 0.1) is 5.92 Å². The highest BCUT2D eigenvalue weighted by Crippen LogP contribution is 2.42. The van der Waals surface area contributed by atoms with Gasteiger partial charge in [-0.15, -0.1) is 0 Å². The Morgan fingerprint density at radius 2 is 1.79 bits per heavy atom. The molecule has 2 atom stereocenters. The monoisotopic (exact) mass is 490 g/mol. The molecule has 1 N–H and O–H groups in total. The second-order valence-corrected chi connectivity index (χ2v) is 9.29. The highest BCUT2D eigenvalue weighted by atomic mass is 79.9. The summed E-state index contributed by atoms with van der Waals surface area (Å²) in [6.07, 6.45) is 3.68. The number of rotatable bonds is 4. The molecule has 0 unspecified atom stereocenters. The maximum atomic E-state index is 6.54. The van der Waals surface area contributed by atoms with Crippen molar-refractivity contribution < 1.29 is 0 Å². The number of piperidine rings is 1. The Labute approximate surface area is 191 Å². The summed E-state index contributed by atoms with van der Waals surface area (Å²) >= 11 is 15.8. The van der Waals surface area contributed by atoms with Crippen LogP contribution >= 0.6 is 39.7 Å². The van der Waals surface area contributed by atoms with E-state index in [1.165, 1.54) is 24.8 Å². The Kier molecular flexibility index (Phi) is 6.54. The second kappa shape index (κ2) is 9.13. The van der Waals surface area contributed by atoms with E-state index in [2.05, 4.69) is 57.6 Å². The number of hydrazone groups is 1. The van der Waals surface area contributed by atoms with Gasteiger partial charge in [-0.1, -0.05) is 77.4 Å². The number of para-hydroxylation sites is 1. The minimum atomic E-state index is 0.0269. The van der Waals surface area contributed by atoms with Crippen molar-refractivity contribution in [3.8, 4) is 0 Å². The standard InChI is InChI=1S/C22H24BrClN4S/c1-15-20(22(29)26-27-13-5-2-6-14-27)25-28(19-8-4-3-7-18(19)24)21(15)16-9-11-17(23)12-10-16/h3-4,7-12,15,21H,2,5-6,13-14H2,1H3,(H,26,29)/t15-,21+/m1/s1. The zero-order valence-electron chi connectivity index (χ0n) is 16.3. The Hall–Kier alpha value is -1.47. The summed E-state index contributed by atoms with van der Waals surface area (Å²) in [5.41, 5.74) is 6.40. The van der Waals surface area contributed by atoms with Gasteiger partial charge in [-0.25, -0.2) is 5.01 Å². The zero-order chi connectivity index (χ0) is 20.4. The molecule has 0 spiro atoms. The van der Waals surface area contributed by atoms with Crippen molar-refractivity contribution in [2.75, 3.05) is 18.1 Å². The van der Waals surface area contributed by atoms with Crippen LogP contribution in [0.4, 0.5) is 5.69 Å². The molecule has 7 heteroatoms. The van der Waals surface area contributed by atoms with E-state index >= 15 is 0 Å². The van der Waals surface area contributed by atoms with Crippen LogP contribution in [0.3, 0.4) is 0 Å². The molecule has 152 valence electrons. The van der Waals surface area contributed by atoms with Gasteiger partial charge in [0.2, 0.25) is 0 Å². The number of nitrogens with one attached hydrogen (secondary N) is 1. The largest absolute Gasteiger partial charge is 0.308 e. The van der Waals surface area contributed by atoms with Gasteiger partial charge in [0, 0.05) is 23.5 Å². The molecule has 0 aliphatic carbocycles. The third kappa shape index (κ3) is 4.50. The van der Waals surface area contributed by atoms with Crippen molar-refractivity contribution in [3.63, 3.8) is 0 Å². The average Bonchev–Trinajstić information content (AvgIpc) is 3.07. The molecule has 2 heterocycles. The van der Waals surface area contributed by atoms with Gasteiger partial charge in [0.15, 0.2) is 0 Å². The lowest BCUT2D eigenvalue weighted by Crippen LogP contribution is -2.47. The van der Waals surface area contributed by atoms with Crippen molar-refractivity contribution in [2.45, 2.75) is 32.2 Å². The van der Waals surface area contributed by atoms with Gasteiger partial charge >= 0.3 is 0 Å². The molecule has 4 rings (SSSR count). The molecule has 29 heavy (non-hydrogen) atoms. The fourth-order valence-corrected chi connectivity index (χ4v) is 4.86. The number of hydrogen-bond acceptors (Lipinski definition) is 4. The van der Waals surface area contributed by atoms with Gasteiger partial charge in [0.25, 0.3) is 0 Å². The predicted octanol–water partition coefficient (Wildman–Crippen LogP) is 5.97. The summed E-state index contributed by atoms with van der Waals surface area (Å²) in [5.74, 6) is 0.122. The van der Waals surface area contributed by atoms with Crippen molar-refractivity contribution >= 4 is 56.1 Å². The van der Waals surface area contributed by atoms with Crippen LogP contribution in [-0.4, -0.2) is 28.8 Å². The molecule has 0 aromatic heterocycles. The minimum absolute atomic E-state index is 0.0269. The van der Waals surface area contributed by atoms with Gasteiger partial charge in [-0.3, -0.25) is 5.01 Å². The molecule has 2 aliphatic rings. The quantitative estimate of drug-likeness (QED) is 0.534. The predicted molar refractivity (Wildman–Crippen MR) is 129 cm³/mol. The van der Waals surface area contributed by atoms with Crippen LogP contribution in [0.15, 0.2) is 58.1 Å². The Balaban J connectivity index is 1.66. The number of nitrogens with zero attached hydrogens (tertiary/aromatic N) is 3. The van der Waals surface area contributed by atoms with Gasteiger partial charge in [-0.2, -0.15) is 5.10 Å². The SMILES string of the molecule is C[C@@H]1C(C(=S)NN2CCCCC2)=NN(c2ccccc2Cl)[C@@H]1c1ccc(Br)cc1. The fourth-order valence-electron chi connectivity index (χ4n) is 4.02. The normalized spacial score (nSPS) is 22.4. The summed E-state index contributed by atoms with van der Waals surface area (Å²) in [5, 5.41) is 9.89. The number of benzene rings is 2. The number of hydrogen-bond donors (Lipinski definition) is 1. The Morgan fingerprint density at radius 1 is 1.10 bits per heavy atom. The molecule has 1 fully saturated rings. The van der Waals surface area contributed by atoms with E-state index in [1.54, 1.807) is 0 Å². The van der Waals surface area contributed by atoms with E-state index in [4.69, 9.17) is 28.9 Å². The minimum Gasteiger partial charge on any atom is -0.308 e. The summed E-state index contributed by atoms with van der Waals surface area (Å²) < 4.78 is 1.06. The molecular weight excluding hydrogens is 468 g/mol. The van der Waals surface area contributed by atoms with Crippen LogP contribution in [0.25, 0.3) is 0 Å².